The Labute approximate surface area is 142 Å². The van der Waals surface area contributed by atoms with Gasteiger partial charge in [0.1, 0.15) is 11.5 Å². The minimum absolute atomic E-state index is 0.0289. The lowest BCUT2D eigenvalue weighted by atomic mass is 10.2. The van der Waals surface area contributed by atoms with Gasteiger partial charge in [-0.15, -0.1) is 0 Å². The van der Waals surface area contributed by atoms with Crippen LogP contribution in [-0.2, 0) is 4.79 Å². The van der Waals surface area contributed by atoms with Gasteiger partial charge in [-0.3, -0.25) is 9.59 Å². The molecule has 1 heterocycles. The molecule has 128 valence electrons. The average Bonchev–Trinajstić information content (AvgIpc) is 3.10. The molecule has 0 aliphatic heterocycles. The number of nitrogens with zero attached hydrogens (tertiary/aromatic N) is 1. The molecule has 2 amide bonds. The van der Waals surface area contributed by atoms with E-state index >= 15 is 0 Å². The summed E-state index contributed by atoms with van der Waals surface area (Å²) in [5.74, 6) is 2.10. The van der Waals surface area contributed by atoms with Gasteiger partial charge in [0.05, 0.1) is 12.1 Å². The maximum atomic E-state index is 12.3. The number of hydrogen-bond acceptors (Lipinski definition) is 4. The summed E-state index contributed by atoms with van der Waals surface area (Å²) in [5, 5.41) is 3.36. The van der Waals surface area contributed by atoms with Gasteiger partial charge in [-0.2, -0.15) is 11.8 Å². The van der Waals surface area contributed by atoms with Crippen molar-refractivity contribution in [3.8, 4) is 0 Å². The fraction of sp³-hybridized carbons (Fsp3) is 0.647. The third-order valence-electron chi connectivity index (χ3n) is 4.39. The molecule has 2 atom stereocenters. The van der Waals surface area contributed by atoms with Crippen LogP contribution >= 0.6 is 11.8 Å². The van der Waals surface area contributed by atoms with Crippen molar-refractivity contribution in [2.75, 3.05) is 19.3 Å². The highest BCUT2D eigenvalue weighted by molar-refractivity contribution is 7.99. The standard InChI is InChI=1S/C17H26N2O3S/c1-5-23-14-7-6-13(9-14)19(4)16(20)10-18-17(21)15-8-11(2)22-12(15)3/h8,13-14H,5-7,9-10H2,1-4H3,(H,18,21)/t13-,14-/m1/s1. The molecular formula is C17H26N2O3S. The minimum Gasteiger partial charge on any atom is -0.466 e. The number of rotatable bonds is 6. The van der Waals surface area contributed by atoms with Crippen LogP contribution in [0, 0.1) is 13.8 Å². The Bertz CT molecular complexity index is 570. The van der Waals surface area contributed by atoms with Crippen LogP contribution < -0.4 is 5.32 Å². The first-order chi connectivity index (χ1) is 10.9. The first-order valence-electron chi connectivity index (χ1n) is 8.14. The van der Waals surface area contributed by atoms with Crippen LogP contribution in [0.1, 0.15) is 48.1 Å². The third kappa shape index (κ3) is 4.53. The van der Waals surface area contributed by atoms with Gasteiger partial charge in [0.2, 0.25) is 5.91 Å². The fourth-order valence-corrected chi connectivity index (χ4v) is 4.22. The molecule has 1 saturated carbocycles. The maximum Gasteiger partial charge on any atom is 0.255 e. The molecule has 6 heteroatoms. The van der Waals surface area contributed by atoms with E-state index in [1.54, 1.807) is 24.8 Å². The molecule has 1 N–H and O–H groups in total. The number of aryl methyl sites for hydroxylation is 2. The van der Waals surface area contributed by atoms with Crippen LogP contribution in [0.5, 0.6) is 0 Å². The molecule has 1 aromatic heterocycles. The SMILES string of the molecule is CCS[C@@H]1CC[C@@H](N(C)C(=O)CNC(=O)c2cc(C)oc2C)C1. The lowest BCUT2D eigenvalue weighted by molar-refractivity contribution is -0.130. The topological polar surface area (TPSA) is 62.6 Å². The molecule has 1 aliphatic carbocycles. The summed E-state index contributed by atoms with van der Waals surface area (Å²) in [7, 11) is 1.84. The van der Waals surface area contributed by atoms with Crippen molar-refractivity contribution in [1.82, 2.24) is 10.2 Å². The number of carbonyl (C=O) groups excluding carboxylic acids is 2. The number of furan rings is 1. The highest BCUT2D eigenvalue weighted by atomic mass is 32.2. The predicted molar refractivity (Wildman–Crippen MR) is 92.8 cm³/mol. The molecule has 1 aromatic rings. The number of amides is 2. The summed E-state index contributed by atoms with van der Waals surface area (Å²) in [6.07, 6.45) is 3.27. The first-order valence-corrected chi connectivity index (χ1v) is 9.19. The normalized spacial score (nSPS) is 20.5. The summed E-state index contributed by atoms with van der Waals surface area (Å²) in [5.41, 5.74) is 0.498. The van der Waals surface area contributed by atoms with E-state index in [0.717, 1.165) is 18.6 Å². The summed E-state index contributed by atoms with van der Waals surface area (Å²) in [4.78, 5) is 26.2. The zero-order chi connectivity index (χ0) is 17.0. The minimum atomic E-state index is -0.257. The number of nitrogens with one attached hydrogen (secondary N) is 1. The lowest BCUT2D eigenvalue weighted by Crippen LogP contribution is -2.42. The molecule has 2 rings (SSSR count). The van der Waals surface area contributed by atoms with E-state index in [4.69, 9.17) is 4.42 Å². The zero-order valence-corrected chi connectivity index (χ0v) is 15.2. The smallest absolute Gasteiger partial charge is 0.255 e. The van der Waals surface area contributed by atoms with E-state index in [1.807, 2.05) is 18.8 Å². The Morgan fingerprint density at radius 1 is 1.39 bits per heavy atom. The number of thioether (sulfide) groups is 1. The molecule has 0 saturated heterocycles. The van der Waals surface area contributed by atoms with Crippen molar-refractivity contribution in [2.24, 2.45) is 0 Å². The highest BCUT2D eigenvalue weighted by Crippen LogP contribution is 2.32. The van der Waals surface area contributed by atoms with Crippen molar-refractivity contribution >= 4 is 23.6 Å². The largest absolute Gasteiger partial charge is 0.466 e. The Morgan fingerprint density at radius 3 is 2.74 bits per heavy atom. The number of carbonyl (C=O) groups is 2. The molecule has 5 nitrogen and oxygen atoms in total. The molecule has 0 unspecified atom stereocenters. The van der Waals surface area contributed by atoms with Crippen LogP contribution in [0.15, 0.2) is 10.5 Å². The van der Waals surface area contributed by atoms with Gasteiger partial charge >= 0.3 is 0 Å². The van der Waals surface area contributed by atoms with Crippen molar-refractivity contribution in [3.05, 3.63) is 23.2 Å². The van der Waals surface area contributed by atoms with E-state index < -0.39 is 0 Å². The van der Waals surface area contributed by atoms with E-state index in [1.165, 1.54) is 6.42 Å². The van der Waals surface area contributed by atoms with E-state index in [9.17, 15) is 9.59 Å². The van der Waals surface area contributed by atoms with Crippen LogP contribution in [-0.4, -0.2) is 47.4 Å². The molecule has 1 aliphatic rings. The molecule has 0 bridgehead atoms. The Morgan fingerprint density at radius 2 is 2.13 bits per heavy atom. The molecule has 23 heavy (non-hydrogen) atoms. The monoisotopic (exact) mass is 338 g/mol. The summed E-state index contributed by atoms with van der Waals surface area (Å²) in [6, 6.07) is 1.99. The molecular weight excluding hydrogens is 312 g/mol. The second-order valence-electron chi connectivity index (χ2n) is 6.06. The zero-order valence-electron chi connectivity index (χ0n) is 14.3. The Hall–Kier alpha value is -1.43. The van der Waals surface area contributed by atoms with Crippen LogP contribution in [0.2, 0.25) is 0 Å². The van der Waals surface area contributed by atoms with Gasteiger partial charge in [-0.1, -0.05) is 6.92 Å². The summed E-state index contributed by atoms with van der Waals surface area (Å²) >= 11 is 1.97. The number of hydrogen-bond donors (Lipinski definition) is 1. The first kappa shape index (κ1) is 17.9. The second kappa shape index (κ2) is 7.90. The van der Waals surface area contributed by atoms with Gasteiger partial charge in [-0.25, -0.2) is 0 Å². The maximum absolute atomic E-state index is 12.3. The van der Waals surface area contributed by atoms with Crippen LogP contribution in [0.25, 0.3) is 0 Å². The molecule has 1 fully saturated rings. The Balaban J connectivity index is 1.82. The van der Waals surface area contributed by atoms with Crippen molar-refractivity contribution in [1.29, 1.82) is 0 Å². The van der Waals surface area contributed by atoms with Gasteiger partial charge < -0.3 is 14.6 Å². The van der Waals surface area contributed by atoms with Crippen LogP contribution in [0.3, 0.4) is 0 Å². The van der Waals surface area contributed by atoms with Crippen molar-refractivity contribution in [3.63, 3.8) is 0 Å². The quantitative estimate of drug-likeness (QED) is 0.866. The third-order valence-corrected chi connectivity index (χ3v) is 5.62. The van der Waals surface area contributed by atoms with Crippen LogP contribution in [0.4, 0.5) is 0 Å². The van der Waals surface area contributed by atoms with E-state index in [-0.39, 0.29) is 18.4 Å². The molecule has 0 spiro atoms. The molecule has 0 aromatic carbocycles. The van der Waals surface area contributed by atoms with Crippen molar-refractivity contribution in [2.45, 2.75) is 51.3 Å². The molecule has 0 radical (unpaired) electrons. The average molecular weight is 338 g/mol. The lowest BCUT2D eigenvalue weighted by Gasteiger charge is -2.24. The summed E-state index contributed by atoms with van der Waals surface area (Å²) < 4.78 is 5.35. The Kier molecular flexibility index (Phi) is 6.16. The fourth-order valence-electron chi connectivity index (χ4n) is 3.09. The van der Waals surface area contributed by atoms with E-state index in [0.29, 0.717) is 28.4 Å². The van der Waals surface area contributed by atoms with Gasteiger partial charge in [0.15, 0.2) is 0 Å². The van der Waals surface area contributed by atoms with E-state index in [2.05, 4.69) is 12.2 Å². The van der Waals surface area contributed by atoms with Gasteiger partial charge in [0.25, 0.3) is 5.91 Å². The predicted octanol–water partition coefficient (Wildman–Crippen LogP) is 2.76. The summed E-state index contributed by atoms with van der Waals surface area (Å²) in [6.45, 7) is 5.75. The second-order valence-corrected chi connectivity index (χ2v) is 7.64. The number of likely N-dealkylation sites (N-methyl/N-ethyl adjacent to an activating group) is 1. The van der Waals surface area contributed by atoms with Gasteiger partial charge in [0, 0.05) is 18.3 Å². The van der Waals surface area contributed by atoms with Crippen molar-refractivity contribution < 1.29 is 14.0 Å². The highest BCUT2D eigenvalue weighted by Gasteiger charge is 2.29. The van der Waals surface area contributed by atoms with Gasteiger partial charge in [-0.05, 0) is 44.9 Å².